The van der Waals surface area contributed by atoms with E-state index in [0.29, 0.717) is 54.0 Å². The lowest BCUT2D eigenvalue weighted by atomic mass is 9.77. The van der Waals surface area contributed by atoms with Crippen LogP contribution in [0.5, 0.6) is 11.5 Å². The third-order valence-corrected chi connectivity index (χ3v) is 12.2. The Balaban J connectivity index is 1.22. The summed E-state index contributed by atoms with van der Waals surface area (Å²) in [6.07, 6.45) is 3.16. The van der Waals surface area contributed by atoms with E-state index in [4.69, 9.17) is 14.5 Å². The van der Waals surface area contributed by atoms with Crippen LogP contribution in [0, 0.1) is 17.3 Å². The number of carbonyl (C=O) groups is 4. The van der Waals surface area contributed by atoms with E-state index < -0.39 is 64.1 Å². The molecular weight excluding hydrogens is 723 g/mol. The van der Waals surface area contributed by atoms with Crippen LogP contribution in [0.3, 0.4) is 0 Å². The zero-order chi connectivity index (χ0) is 39.2. The van der Waals surface area contributed by atoms with Crippen molar-refractivity contribution in [1.29, 1.82) is 0 Å². The van der Waals surface area contributed by atoms with E-state index in [1.807, 2.05) is 75.4 Å². The summed E-state index contributed by atoms with van der Waals surface area (Å²) in [6.45, 7) is 10.9. The van der Waals surface area contributed by atoms with Crippen molar-refractivity contribution in [1.82, 2.24) is 24.4 Å². The van der Waals surface area contributed by atoms with Gasteiger partial charge in [0, 0.05) is 61.0 Å². The summed E-state index contributed by atoms with van der Waals surface area (Å²) in [7, 11) is 1.58. The summed E-state index contributed by atoms with van der Waals surface area (Å²) < 4.78 is 37.5. The van der Waals surface area contributed by atoms with Gasteiger partial charge in [0.15, 0.2) is 0 Å². The van der Waals surface area contributed by atoms with Crippen LogP contribution in [0.4, 0.5) is 0 Å². The second-order valence-electron chi connectivity index (χ2n) is 16.2. The highest BCUT2D eigenvalue weighted by atomic mass is 32.2. The Labute approximate surface area is 323 Å². The smallest absolute Gasteiger partial charge is 0.260 e. The van der Waals surface area contributed by atoms with Crippen LogP contribution in [0.1, 0.15) is 59.3 Å². The Hall–Kier alpha value is -4.82. The van der Waals surface area contributed by atoms with Gasteiger partial charge in [0.1, 0.15) is 29.2 Å². The fourth-order valence-corrected chi connectivity index (χ4v) is 8.48. The maximum Gasteiger partial charge on any atom is 0.260 e. The minimum atomic E-state index is -2.82. The number of likely N-dealkylation sites (tertiary alicyclic amines) is 2. The lowest BCUT2D eigenvalue weighted by molar-refractivity contribution is -0.149. The molecular formula is C41H48N5O8S-. The minimum absolute atomic E-state index is 0.0113. The highest BCUT2D eigenvalue weighted by Gasteiger charge is 2.63. The summed E-state index contributed by atoms with van der Waals surface area (Å²) in [5, 5.41) is 3.61. The van der Waals surface area contributed by atoms with E-state index in [9.17, 15) is 27.9 Å². The average Bonchev–Trinajstić information content (AvgIpc) is 4.05. The van der Waals surface area contributed by atoms with Gasteiger partial charge in [-0.25, -0.2) is 4.98 Å². The summed E-state index contributed by atoms with van der Waals surface area (Å²) in [6, 6.07) is 15.5. The molecule has 14 heteroatoms. The number of rotatable bonds is 13. The van der Waals surface area contributed by atoms with Gasteiger partial charge in [-0.2, -0.15) is 0 Å². The topological polar surface area (TPSA) is 162 Å². The maximum atomic E-state index is 14.7. The number of hydrogen-bond acceptors (Lipinski definition) is 9. The summed E-state index contributed by atoms with van der Waals surface area (Å²) >= 11 is -2.82. The van der Waals surface area contributed by atoms with Crippen molar-refractivity contribution in [2.45, 2.75) is 83.0 Å². The van der Waals surface area contributed by atoms with Crippen molar-refractivity contribution in [3.63, 3.8) is 0 Å². The fraction of sp³-hybridized carbons (Fsp3) is 0.488. The number of hydrogen-bond donors (Lipinski definition) is 1. The molecule has 2 aromatic carbocycles. The van der Waals surface area contributed by atoms with E-state index in [1.54, 1.807) is 18.1 Å². The Morgan fingerprint density at radius 1 is 1.13 bits per heavy atom. The first-order valence-corrected chi connectivity index (χ1v) is 19.9. The number of carbonyl (C=O) groups excluding carboxylic acids is 4. The SMILES string of the molecule is C=CC1C[C@]1(NC(=O)[C@@H]1C[C@@H](Oc2cc(-c3ccccc3)nc3cc(OC)ccc23)CN1C(=O)[C@@H](CC(=O)N1CCC1)C(C)(C)C)C(=O)N(C1CC1)S(=O)[O-]. The number of nitrogens with zero attached hydrogens (tertiary/aromatic N) is 4. The summed E-state index contributed by atoms with van der Waals surface area (Å²) in [5.41, 5.74) is 0.0283. The summed E-state index contributed by atoms with van der Waals surface area (Å²) in [5.74, 6) is -1.89. The number of nitrogens with one attached hydrogen (secondary N) is 1. The van der Waals surface area contributed by atoms with Crippen LogP contribution in [0.2, 0.25) is 0 Å². The van der Waals surface area contributed by atoms with E-state index >= 15 is 0 Å². The molecule has 1 N–H and O–H groups in total. The standard InChI is InChI=1S/C41H49N5O8S/c1-6-26-23-41(26,39(50)46(55(51)52)27-13-14-27)43-37(48)34-20-29(24-45(34)38(49)31(40(2,3)4)21-36(47)44-17-10-18-44)54-35-22-32(25-11-8-7-9-12-25)42-33-19-28(53-5)15-16-30(33)35/h6-9,11-12,15-16,19,22,26-27,29,31,34H,1,10,13-14,17-18,20-21,23-24H2,2-5H3,(H,43,48)(H,51,52)/p-1/t26?,29-,31-,34+,41-/m1/s1. The first-order valence-electron chi connectivity index (χ1n) is 18.9. The second kappa shape index (κ2) is 15.0. The molecule has 0 spiro atoms. The van der Waals surface area contributed by atoms with Crippen LogP contribution in [-0.4, -0.2) is 102 Å². The Morgan fingerprint density at radius 3 is 2.44 bits per heavy atom. The van der Waals surface area contributed by atoms with Gasteiger partial charge in [0.05, 0.1) is 42.0 Å². The van der Waals surface area contributed by atoms with Crippen LogP contribution in [0.25, 0.3) is 22.2 Å². The van der Waals surface area contributed by atoms with E-state index in [2.05, 4.69) is 11.9 Å². The molecule has 2 saturated heterocycles. The largest absolute Gasteiger partial charge is 0.755 e. The molecule has 1 aromatic heterocycles. The highest BCUT2D eigenvalue weighted by molar-refractivity contribution is 7.77. The molecule has 0 radical (unpaired) electrons. The quantitative estimate of drug-likeness (QED) is 0.196. The maximum absolute atomic E-state index is 14.7. The van der Waals surface area contributed by atoms with Gasteiger partial charge in [-0.05, 0) is 43.2 Å². The molecule has 4 aliphatic rings. The Bertz CT molecular complexity index is 2030. The highest BCUT2D eigenvalue weighted by Crippen LogP contribution is 2.48. The van der Waals surface area contributed by atoms with Crippen molar-refractivity contribution in [2.75, 3.05) is 26.7 Å². The van der Waals surface area contributed by atoms with Crippen molar-refractivity contribution in [3.8, 4) is 22.8 Å². The monoisotopic (exact) mass is 770 g/mol. The van der Waals surface area contributed by atoms with E-state index in [-0.39, 0.29) is 37.6 Å². The van der Waals surface area contributed by atoms with Gasteiger partial charge in [0.2, 0.25) is 17.7 Å². The first kappa shape index (κ1) is 38.5. The van der Waals surface area contributed by atoms with Crippen LogP contribution in [0.15, 0.2) is 67.3 Å². The number of ether oxygens (including phenoxy) is 2. The molecule has 4 amide bonds. The number of fused-ring (bicyclic) bond motifs is 1. The molecule has 2 unspecified atom stereocenters. The summed E-state index contributed by atoms with van der Waals surface area (Å²) in [4.78, 5) is 64.5. The van der Waals surface area contributed by atoms with Gasteiger partial charge in [0.25, 0.3) is 5.91 Å². The molecule has 292 valence electrons. The van der Waals surface area contributed by atoms with Gasteiger partial charge in [-0.3, -0.25) is 27.7 Å². The third kappa shape index (κ3) is 7.71. The molecule has 13 nitrogen and oxygen atoms in total. The molecule has 2 aliphatic carbocycles. The molecule has 6 atom stereocenters. The molecule has 2 saturated carbocycles. The van der Waals surface area contributed by atoms with Gasteiger partial charge in [-0.15, -0.1) is 6.58 Å². The molecule has 0 bridgehead atoms. The zero-order valence-corrected chi connectivity index (χ0v) is 32.5. The number of amides is 4. The van der Waals surface area contributed by atoms with Crippen molar-refractivity contribution in [2.24, 2.45) is 17.3 Å². The predicted octanol–water partition coefficient (Wildman–Crippen LogP) is 4.39. The second-order valence-corrected chi connectivity index (χ2v) is 17.0. The van der Waals surface area contributed by atoms with E-state index in [0.717, 1.165) is 16.3 Å². The van der Waals surface area contributed by atoms with Crippen LogP contribution in [-0.2, 0) is 30.4 Å². The fourth-order valence-electron chi connectivity index (χ4n) is 7.73. The molecule has 3 heterocycles. The number of aromatic nitrogens is 1. The molecule has 3 aromatic rings. The van der Waals surface area contributed by atoms with Crippen molar-refractivity contribution in [3.05, 3.63) is 67.3 Å². The molecule has 2 aliphatic heterocycles. The zero-order valence-electron chi connectivity index (χ0n) is 31.7. The minimum Gasteiger partial charge on any atom is -0.755 e. The average molecular weight is 771 g/mol. The normalized spacial score (nSPS) is 24.3. The number of methoxy groups -OCH3 is 1. The van der Waals surface area contributed by atoms with E-state index in [1.165, 1.54) is 4.90 Å². The Morgan fingerprint density at radius 2 is 1.85 bits per heavy atom. The van der Waals surface area contributed by atoms with Gasteiger partial charge >= 0.3 is 0 Å². The van der Waals surface area contributed by atoms with Crippen LogP contribution < -0.4 is 14.8 Å². The van der Waals surface area contributed by atoms with Crippen molar-refractivity contribution < 1.29 is 37.4 Å². The number of pyridine rings is 1. The molecule has 4 fully saturated rings. The molecule has 55 heavy (non-hydrogen) atoms. The predicted molar refractivity (Wildman–Crippen MR) is 205 cm³/mol. The lowest BCUT2D eigenvalue weighted by Crippen LogP contribution is -2.58. The number of benzene rings is 2. The third-order valence-electron chi connectivity index (χ3n) is 11.4. The Kier molecular flexibility index (Phi) is 10.5. The first-order chi connectivity index (χ1) is 26.2. The molecule has 7 rings (SSSR count). The van der Waals surface area contributed by atoms with Gasteiger partial charge in [-0.1, -0.05) is 57.2 Å². The van der Waals surface area contributed by atoms with Crippen molar-refractivity contribution >= 4 is 45.8 Å². The lowest BCUT2D eigenvalue weighted by Gasteiger charge is -2.38. The van der Waals surface area contributed by atoms with Gasteiger partial charge < -0.3 is 29.1 Å². The van der Waals surface area contributed by atoms with Crippen LogP contribution >= 0.6 is 0 Å².